The van der Waals surface area contributed by atoms with Crippen molar-refractivity contribution in [1.82, 2.24) is 0 Å². The van der Waals surface area contributed by atoms with Gasteiger partial charge in [0.2, 0.25) is 0 Å². The van der Waals surface area contributed by atoms with Gasteiger partial charge in [0.25, 0.3) is 11.3 Å². The minimum atomic E-state index is -1.92. The molecular formula is C11H14INO2S. The van der Waals surface area contributed by atoms with Gasteiger partial charge in [-0.1, -0.05) is 6.92 Å². The quantitative estimate of drug-likeness (QED) is 0.658. The molecule has 5 heteroatoms. The van der Waals surface area contributed by atoms with E-state index in [0.29, 0.717) is 0 Å². The maximum atomic E-state index is 11.4. The molecule has 0 amide bonds. The van der Waals surface area contributed by atoms with Gasteiger partial charge in [0.15, 0.2) is 0 Å². The van der Waals surface area contributed by atoms with E-state index < -0.39 is 11.3 Å². The third-order valence-corrected chi connectivity index (χ3v) is 4.50. The number of anilines is 1. The van der Waals surface area contributed by atoms with Gasteiger partial charge >= 0.3 is 0 Å². The minimum absolute atomic E-state index is 0.179. The maximum Gasteiger partial charge on any atom is 0.262 e. The van der Waals surface area contributed by atoms with Gasteiger partial charge in [-0.25, -0.2) is 4.21 Å². The summed E-state index contributed by atoms with van der Waals surface area (Å²) in [4.78, 5) is 0. The number of aryl methyl sites for hydroxylation is 1. The van der Waals surface area contributed by atoms with E-state index in [1.54, 1.807) is 4.31 Å². The normalized spacial score (nSPS) is 21.7. The maximum absolute atomic E-state index is 11.4. The van der Waals surface area contributed by atoms with Crippen LogP contribution in [0, 0.1) is 3.57 Å². The van der Waals surface area contributed by atoms with Gasteiger partial charge < -0.3 is 0 Å². The van der Waals surface area contributed by atoms with Crippen LogP contribution in [0.5, 0.6) is 0 Å². The van der Waals surface area contributed by atoms with Crippen LogP contribution in [0.15, 0.2) is 18.2 Å². The van der Waals surface area contributed by atoms with Crippen molar-refractivity contribution < 1.29 is 8.76 Å². The average Bonchev–Trinajstić information content (AvgIpc) is 2.26. The molecule has 0 spiro atoms. The molecule has 88 valence electrons. The number of nitrogens with zero attached hydrogens (tertiary/aromatic N) is 1. The Morgan fingerprint density at radius 3 is 3.00 bits per heavy atom. The average molecular weight is 351 g/mol. The summed E-state index contributed by atoms with van der Waals surface area (Å²) in [6.45, 7) is 2.06. The molecular weight excluding hydrogens is 337 g/mol. The molecule has 0 bridgehead atoms. The molecule has 2 unspecified atom stereocenters. The largest absolute Gasteiger partial charge is 0.289 e. The van der Waals surface area contributed by atoms with Crippen LogP contribution in [0.25, 0.3) is 0 Å². The van der Waals surface area contributed by atoms with Crippen molar-refractivity contribution in [2.45, 2.75) is 32.2 Å². The third-order valence-electron chi connectivity index (χ3n) is 3.00. The molecule has 2 rings (SSSR count). The van der Waals surface area contributed by atoms with Crippen LogP contribution >= 0.6 is 22.6 Å². The van der Waals surface area contributed by atoms with Crippen LogP contribution in [-0.2, 0) is 17.7 Å². The van der Waals surface area contributed by atoms with Gasteiger partial charge in [-0.15, -0.1) is 0 Å². The summed E-state index contributed by atoms with van der Waals surface area (Å²) in [6, 6.07) is 6.21. The van der Waals surface area contributed by atoms with E-state index in [2.05, 4.69) is 35.6 Å². The van der Waals surface area contributed by atoms with Crippen molar-refractivity contribution in [3.05, 3.63) is 27.3 Å². The van der Waals surface area contributed by atoms with Crippen molar-refractivity contribution in [2.24, 2.45) is 0 Å². The van der Waals surface area contributed by atoms with E-state index >= 15 is 0 Å². The Morgan fingerprint density at radius 2 is 2.38 bits per heavy atom. The fourth-order valence-electron chi connectivity index (χ4n) is 2.19. The zero-order chi connectivity index (χ0) is 11.7. The smallest absolute Gasteiger partial charge is 0.262 e. The van der Waals surface area contributed by atoms with Crippen LogP contribution in [-0.4, -0.2) is 14.8 Å². The first kappa shape index (κ1) is 12.3. The molecule has 0 saturated carbocycles. The van der Waals surface area contributed by atoms with Crippen molar-refractivity contribution in [1.29, 1.82) is 0 Å². The SMILES string of the molecule is CCC1CCc2cc(I)ccc2N1S(=O)O. The lowest BCUT2D eigenvalue weighted by Crippen LogP contribution is -2.40. The summed E-state index contributed by atoms with van der Waals surface area (Å²) in [5, 5.41) is 0. The third kappa shape index (κ3) is 2.26. The van der Waals surface area contributed by atoms with Crippen molar-refractivity contribution in [3.8, 4) is 0 Å². The molecule has 0 aliphatic carbocycles. The molecule has 1 aliphatic rings. The van der Waals surface area contributed by atoms with Gasteiger partial charge in [-0.2, -0.15) is 0 Å². The fourth-order valence-corrected chi connectivity index (χ4v) is 3.60. The first-order valence-corrected chi connectivity index (χ1v) is 7.46. The van der Waals surface area contributed by atoms with Gasteiger partial charge in [0, 0.05) is 9.61 Å². The highest BCUT2D eigenvalue weighted by molar-refractivity contribution is 14.1. The Hall–Kier alpha value is -0.140. The summed E-state index contributed by atoms with van der Waals surface area (Å²) >= 11 is 0.349. The van der Waals surface area contributed by atoms with Crippen molar-refractivity contribution in [3.63, 3.8) is 0 Å². The molecule has 1 aromatic carbocycles. The number of fused-ring (bicyclic) bond motifs is 1. The summed E-state index contributed by atoms with van der Waals surface area (Å²) in [5.41, 5.74) is 2.10. The molecule has 0 aromatic heterocycles. The van der Waals surface area contributed by atoms with Crippen LogP contribution in [0.4, 0.5) is 5.69 Å². The number of hydrogen-bond donors (Lipinski definition) is 1. The van der Waals surface area contributed by atoms with Crippen molar-refractivity contribution >= 4 is 39.5 Å². The lowest BCUT2D eigenvalue weighted by molar-refractivity contribution is 0.518. The zero-order valence-electron chi connectivity index (χ0n) is 9.02. The highest BCUT2D eigenvalue weighted by Gasteiger charge is 2.28. The van der Waals surface area contributed by atoms with E-state index in [0.717, 1.165) is 24.9 Å². The second-order valence-corrected chi connectivity index (χ2v) is 6.03. The molecule has 0 saturated heterocycles. The lowest BCUT2D eigenvalue weighted by atomic mass is 9.97. The molecule has 1 aliphatic heterocycles. The number of rotatable bonds is 2. The van der Waals surface area contributed by atoms with Gasteiger partial charge in [0.05, 0.1) is 5.69 Å². The monoisotopic (exact) mass is 351 g/mol. The van der Waals surface area contributed by atoms with E-state index in [-0.39, 0.29) is 6.04 Å². The Kier molecular flexibility index (Phi) is 3.86. The molecule has 0 radical (unpaired) electrons. The van der Waals surface area contributed by atoms with Gasteiger partial charge in [-0.3, -0.25) is 8.86 Å². The van der Waals surface area contributed by atoms with E-state index in [4.69, 9.17) is 0 Å². The molecule has 2 atom stereocenters. The van der Waals surface area contributed by atoms with Crippen LogP contribution in [0.2, 0.25) is 0 Å². The minimum Gasteiger partial charge on any atom is -0.289 e. The Morgan fingerprint density at radius 1 is 1.62 bits per heavy atom. The Bertz CT molecular complexity index is 424. The van der Waals surface area contributed by atoms with E-state index in [9.17, 15) is 8.76 Å². The number of hydrogen-bond acceptors (Lipinski definition) is 1. The second-order valence-electron chi connectivity index (χ2n) is 3.93. The van der Waals surface area contributed by atoms with Gasteiger partial charge in [-0.05, 0) is 65.6 Å². The topological polar surface area (TPSA) is 40.5 Å². The van der Waals surface area contributed by atoms with Crippen molar-refractivity contribution in [2.75, 3.05) is 4.31 Å². The standard InChI is InChI=1S/C11H14INO2S/c1-2-10-5-3-8-7-9(12)4-6-11(8)13(10)16(14)15/h4,6-7,10H,2-3,5H2,1H3,(H,14,15). The first-order valence-electron chi connectivity index (χ1n) is 5.32. The Labute approximate surface area is 112 Å². The summed E-state index contributed by atoms with van der Waals surface area (Å²) < 4.78 is 23.6. The molecule has 3 nitrogen and oxygen atoms in total. The first-order chi connectivity index (χ1) is 7.63. The molecule has 1 heterocycles. The summed E-state index contributed by atoms with van der Waals surface area (Å²) in [5.74, 6) is 0. The highest BCUT2D eigenvalue weighted by Crippen LogP contribution is 2.33. The van der Waals surface area contributed by atoms with E-state index in [1.807, 2.05) is 12.1 Å². The van der Waals surface area contributed by atoms with Gasteiger partial charge in [0.1, 0.15) is 0 Å². The summed E-state index contributed by atoms with van der Waals surface area (Å²) in [6.07, 6.45) is 2.85. The molecule has 16 heavy (non-hydrogen) atoms. The fraction of sp³-hybridized carbons (Fsp3) is 0.455. The predicted octanol–water partition coefficient (Wildman–Crippen LogP) is 2.96. The molecule has 0 fully saturated rings. The van der Waals surface area contributed by atoms with E-state index in [1.165, 1.54) is 9.13 Å². The van der Waals surface area contributed by atoms with Crippen LogP contribution in [0.1, 0.15) is 25.3 Å². The Balaban J connectivity index is 2.45. The number of benzene rings is 1. The predicted molar refractivity (Wildman–Crippen MR) is 74.8 cm³/mol. The zero-order valence-corrected chi connectivity index (χ0v) is 12.0. The molecule has 1 aromatic rings. The lowest BCUT2D eigenvalue weighted by Gasteiger charge is -2.35. The molecule has 1 N–H and O–H groups in total. The number of halogens is 1. The van der Waals surface area contributed by atoms with Crippen LogP contribution < -0.4 is 4.31 Å². The second kappa shape index (κ2) is 5.01. The van der Waals surface area contributed by atoms with Crippen LogP contribution in [0.3, 0.4) is 0 Å². The highest BCUT2D eigenvalue weighted by atomic mass is 127. The summed E-state index contributed by atoms with van der Waals surface area (Å²) in [7, 11) is 0.